The molecular weight excluding hydrogens is 189 g/mol. The summed E-state index contributed by atoms with van der Waals surface area (Å²) in [5.74, 6) is 0. The Morgan fingerprint density at radius 1 is 1.38 bits per heavy atom. The zero-order chi connectivity index (χ0) is 6.57. The Kier molecular flexibility index (Phi) is 3.68. The molecule has 0 unspecified atom stereocenters. The summed E-state index contributed by atoms with van der Waals surface area (Å²) in [4.78, 5) is 0. The molecule has 0 aliphatic heterocycles. The molecule has 0 rings (SSSR count). The second kappa shape index (κ2) is 3.77. The number of alkyl halides is 1. The van der Waals surface area contributed by atoms with Crippen LogP contribution in [0, 0.1) is 0 Å². The quantitative estimate of drug-likeness (QED) is 0.480. The lowest BCUT2D eigenvalue weighted by Gasteiger charge is -1.92. The molecule has 0 aromatic heterocycles. The molecule has 0 bridgehead atoms. The third kappa shape index (κ3) is 2.90. The first-order valence-electron chi connectivity index (χ1n) is 1.58. The molecule has 0 N–H and O–H groups in total. The molecule has 0 aliphatic rings. The standard InChI is InChI=1S/C3H2BrF3O/c4-1-8-3(7)2(5)6/h1H2. The predicted octanol–water partition coefficient (Wildman–Crippen LogP) is 2.39. The lowest BCUT2D eigenvalue weighted by Crippen LogP contribution is -1.82. The minimum atomic E-state index is -2.44. The van der Waals surface area contributed by atoms with Gasteiger partial charge in [0.05, 0.1) is 0 Å². The fraction of sp³-hybridized carbons (Fsp3) is 0.333. The van der Waals surface area contributed by atoms with Gasteiger partial charge in [-0.2, -0.15) is 13.2 Å². The molecule has 0 aliphatic carbocycles. The van der Waals surface area contributed by atoms with Crippen LogP contribution in [0.3, 0.4) is 0 Å². The first-order valence-corrected chi connectivity index (χ1v) is 2.70. The van der Waals surface area contributed by atoms with Crippen LogP contribution in [0.25, 0.3) is 0 Å². The zero-order valence-electron chi connectivity index (χ0n) is 3.63. The van der Waals surface area contributed by atoms with Crippen molar-refractivity contribution in [2.45, 2.75) is 0 Å². The zero-order valence-corrected chi connectivity index (χ0v) is 5.21. The predicted molar refractivity (Wildman–Crippen MR) is 25.2 cm³/mol. The topological polar surface area (TPSA) is 9.23 Å². The average Bonchev–Trinajstić information content (AvgIpc) is 1.67. The molecule has 48 valence electrons. The normalized spacial score (nSPS) is 8.50. The summed E-state index contributed by atoms with van der Waals surface area (Å²) in [6.45, 7) is 0. The maximum atomic E-state index is 11.4. The summed E-state index contributed by atoms with van der Waals surface area (Å²) in [5.41, 5.74) is -0.268. The minimum Gasteiger partial charge on any atom is -0.455 e. The van der Waals surface area contributed by atoms with Crippen molar-refractivity contribution in [3.8, 4) is 0 Å². The molecular formula is C3H2BrF3O. The SMILES string of the molecule is FC(F)=C(F)OCBr. The van der Waals surface area contributed by atoms with Gasteiger partial charge in [0, 0.05) is 0 Å². The fourth-order valence-corrected chi connectivity index (χ4v) is 0.303. The molecule has 1 nitrogen and oxygen atoms in total. The first-order chi connectivity index (χ1) is 3.68. The summed E-state index contributed by atoms with van der Waals surface area (Å²) in [7, 11) is 0. The van der Waals surface area contributed by atoms with Gasteiger partial charge in [0.1, 0.15) is 5.52 Å². The maximum Gasteiger partial charge on any atom is 0.342 e. The van der Waals surface area contributed by atoms with E-state index in [4.69, 9.17) is 0 Å². The van der Waals surface area contributed by atoms with Crippen LogP contribution in [-0.4, -0.2) is 5.52 Å². The van der Waals surface area contributed by atoms with E-state index < -0.39 is 12.1 Å². The molecule has 0 radical (unpaired) electrons. The van der Waals surface area contributed by atoms with Gasteiger partial charge in [-0.25, -0.2) is 0 Å². The molecule has 5 heteroatoms. The van der Waals surface area contributed by atoms with Gasteiger partial charge in [0.15, 0.2) is 0 Å². The van der Waals surface area contributed by atoms with E-state index in [-0.39, 0.29) is 5.52 Å². The highest BCUT2D eigenvalue weighted by atomic mass is 79.9. The third-order valence-corrected chi connectivity index (χ3v) is 0.559. The van der Waals surface area contributed by atoms with Crippen molar-refractivity contribution in [2.75, 3.05) is 5.52 Å². The van der Waals surface area contributed by atoms with E-state index in [0.29, 0.717) is 0 Å². The highest BCUT2D eigenvalue weighted by Crippen LogP contribution is 2.10. The number of rotatable bonds is 2. The Hall–Kier alpha value is -0.190. The second-order valence-corrected chi connectivity index (χ2v) is 1.25. The van der Waals surface area contributed by atoms with Gasteiger partial charge in [-0.3, -0.25) is 0 Å². The van der Waals surface area contributed by atoms with Crippen molar-refractivity contribution >= 4 is 15.9 Å². The lowest BCUT2D eigenvalue weighted by atomic mass is 11.0. The Morgan fingerprint density at radius 3 is 2.00 bits per heavy atom. The van der Waals surface area contributed by atoms with Crippen LogP contribution >= 0.6 is 15.9 Å². The summed E-state index contributed by atoms with van der Waals surface area (Å²) < 4.78 is 37.0. The van der Waals surface area contributed by atoms with Gasteiger partial charge < -0.3 is 4.74 Å². The van der Waals surface area contributed by atoms with Gasteiger partial charge in [0.2, 0.25) is 0 Å². The van der Waals surface area contributed by atoms with E-state index >= 15 is 0 Å². The van der Waals surface area contributed by atoms with E-state index in [2.05, 4.69) is 20.7 Å². The van der Waals surface area contributed by atoms with Gasteiger partial charge in [-0.1, -0.05) is 0 Å². The van der Waals surface area contributed by atoms with Gasteiger partial charge >= 0.3 is 12.1 Å². The van der Waals surface area contributed by atoms with Crippen molar-refractivity contribution in [1.29, 1.82) is 0 Å². The number of halogens is 4. The molecule has 0 atom stereocenters. The van der Waals surface area contributed by atoms with Crippen LogP contribution in [-0.2, 0) is 4.74 Å². The first kappa shape index (κ1) is 7.81. The van der Waals surface area contributed by atoms with Crippen LogP contribution < -0.4 is 0 Å². The van der Waals surface area contributed by atoms with E-state index in [9.17, 15) is 13.2 Å². The number of hydrogen-bond acceptors (Lipinski definition) is 1. The Balaban J connectivity index is 3.62. The van der Waals surface area contributed by atoms with Crippen LogP contribution in [0.2, 0.25) is 0 Å². The van der Waals surface area contributed by atoms with Crippen LogP contribution in [0.1, 0.15) is 0 Å². The lowest BCUT2D eigenvalue weighted by molar-refractivity contribution is 0.158. The number of hydrogen-bond donors (Lipinski definition) is 0. The molecule has 0 amide bonds. The van der Waals surface area contributed by atoms with Crippen molar-refractivity contribution in [3.05, 3.63) is 12.1 Å². The second-order valence-electron chi connectivity index (χ2n) is 0.788. The highest BCUT2D eigenvalue weighted by Gasteiger charge is 2.02. The van der Waals surface area contributed by atoms with E-state index in [1.165, 1.54) is 0 Å². The molecule has 0 saturated carbocycles. The Labute approximate surface area is 52.3 Å². The molecule has 0 fully saturated rings. The average molecular weight is 191 g/mol. The van der Waals surface area contributed by atoms with Gasteiger partial charge in [-0.15, -0.1) is 0 Å². The highest BCUT2D eigenvalue weighted by molar-refractivity contribution is 9.09. The van der Waals surface area contributed by atoms with Gasteiger partial charge in [-0.05, 0) is 15.9 Å². The number of ether oxygens (including phenoxy) is 1. The minimum absolute atomic E-state index is 0.268. The van der Waals surface area contributed by atoms with E-state index in [1.54, 1.807) is 0 Å². The summed E-state index contributed by atoms with van der Waals surface area (Å²) in [5, 5.41) is 0. The van der Waals surface area contributed by atoms with Crippen molar-refractivity contribution < 1.29 is 17.9 Å². The van der Waals surface area contributed by atoms with Crippen molar-refractivity contribution in [2.24, 2.45) is 0 Å². The smallest absolute Gasteiger partial charge is 0.342 e. The molecule has 8 heavy (non-hydrogen) atoms. The molecule has 0 aromatic carbocycles. The summed E-state index contributed by atoms with van der Waals surface area (Å²) in [6, 6.07) is -1.83. The van der Waals surface area contributed by atoms with E-state index in [1.807, 2.05) is 0 Å². The maximum absolute atomic E-state index is 11.4. The Morgan fingerprint density at radius 2 is 1.88 bits per heavy atom. The van der Waals surface area contributed by atoms with Crippen molar-refractivity contribution in [3.63, 3.8) is 0 Å². The monoisotopic (exact) mass is 190 g/mol. The van der Waals surface area contributed by atoms with Crippen molar-refractivity contribution in [1.82, 2.24) is 0 Å². The fourth-order valence-electron chi connectivity index (χ4n) is 0.102. The summed E-state index contributed by atoms with van der Waals surface area (Å²) in [6.07, 6.45) is -2.44. The van der Waals surface area contributed by atoms with E-state index in [0.717, 1.165) is 0 Å². The van der Waals surface area contributed by atoms with Crippen LogP contribution in [0.4, 0.5) is 13.2 Å². The largest absolute Gasteiger partial charge is 0.455 e. The molecule has 0 aromatic rings. The Bertz CT molecular complexity index is 98.7. The molecule has 0 heterocycles. The molecule has 0 saturated heterocycles. The van der Waals surface area contributed by atoms with Crippen LogP contribution in [0.15, 0.2) is 12.1 Å². The third-order valence-electron chi connectivity index (χ3n) is 0.330. The molecule has 0 spiro atoms. The van der Waals surface area contributed by atoms with Gasteiger partial charge in [0.25, 0.3) is 0 Å². The van der Waals surface area contributed by atoms with Crippen LogP contribution in [0.5, 0.6) is 0 Å². The summed E-state index contributed by atoms with van der Waals surface area (Å²) >= 11 is 2.59.